The maximum absolute atomic E-state index is 5.74. The molecule has 0 fully saturated rings. The van der Waals surface area contributed by atoms with Gasteiger partial charge in [0.15, 0.2) is 0 Å². The molecule has 0 spiro atoms. The summed E-state index contributed by atoms with van der Waals surface area (Å²) in [6.45, 7) is 3.77. The molecule has 5 N–H and O–H groups in total. The number of nitrogens with one attached hydrogen (secondary N) is 1. The van der Waals surface area contributed by atoms with Gasteiger partial charge in [-0.15, -0.1) is 0 Å². The Morgan fingerprint density at radius 3 is 2.46 bits per heavy atom. The second-order valence-electron chi connectivity index (χ2n) is 3.12. The van der Waals surface area contributed by atoms with Crippen LogP contribution in [-0.4, -0.2) is 43.3 Å². The maximum Gasteiger partial charge on any atom is 0.107 e. The fourth-order valence-corrected chi connectivity index (χ4v) is 1.05. The van der Waals surface area contributed by atoms with Gasteiger partial charge in [-0.2, -0.15) is 0 Å². The normalized spacial score (nSPS) is 13.9. The van der Waals surface area contributed by atoms with Crippen molar-refractivity contribution in [2.75, 3.05) is 27.2 Å². The molecule has 0 aromatic rings. The first-order valence-electron chi connectivity index (χ1n) is 4.41. The predicted molar refractivity (Wildman–Crippen MR) is 55.4 cm³/mol. The van der Waals surface area contributed by atoms with Gasteiger partial charge in [0.05, 0.1) is 0 Å². The summed E-state index contributed by atoms with van der Waals surface area (Å²) in [5.74, 6) is 5.74. The number of rotatable bonds is 6. The number of hydrogen-bond donors (Lipinski definition) is 3. The lowest BCUT2D eigenvalue weighted by atomic mass is 10.4. The van der Waals surface area contributed by atoms with E-state index in [9.17, 15) is 0 Å². The zero-order valence-corrected chi connectivity index (χ0v) is 8.70. The van der Waals surface area contributed by atoms with Gasteiger partial charge in [0, 0.05) is 18.9 Å². The van der Waals surface area contributed by atoms with E-state index in [-0.39, 0.29) is 6.17 Å². The highest BCUT2D eigenvalue weighted by atomic mass is 15.5. The van der Waals surface area contributed by atoms with Crippen molar-refractivity contribution in [1.29, 1.82) is 0 Å². The van der Waals surface area contributed by atoms with Crippen LogP contribution in [0.25, 0.3) is 0 Å². The molecule has 0 bridgehead atoms. The maximum atomic E-state index is 5.74. The van der Waals surface area contributed by atoms with Crippen molar-refractivity contribution in [2.24, 2.45) is 11.6 Å². The van der Waals surface area contributed by atoms with Gasteiger partial charge in [0.1, 0.15) is 6.17 Å². The summed E-state index contributed by atoms with van der Waals surface area (Å²) in [4.78, 5) is 2.07. The van der Waals surface area contributed by atoms with Gasteiger partial charge in [-0.05, 0) is 20.6 Å². The fourth-order valence-electron chi connectivity index (χ4n) is 1.05. The van der Waals surface area contributed by atoms with E-state index in [0.29, 0.717) is 0 Å². The van der Waals surface area contributed by atoms with Crippen molar-refractivity contribution in [1.82, 2.24) is 15.2 Å². The first kappa shape index (κ1) is 12.2. The minimum atomic E-state index is 0.0970. The smallest absolute Gasteiger partial charge is 0.107 e. The summed E-state index contributed by atoms with van der Waals surface area (Å²) in [7, 11) is 4.01. The van der Waals surface area contributed by atoms with Crippen LogP contribution in [0.3, 0.4) is 0 Å². The van der Waals surface area contributed by atoms with Crippen LogP contribution in [0, 0.1) is 0 Å². The van der Waals surface area contributed by atoms with Crippen molar-refractivity contribution < 1.29 is 0 Å². The quantitative estimate of drug-likeness (QED) is 0.285. The molecule has 1 atom stereocenters. The van der Waals surface area contributed by atoms with Gasteiger partial charge in [0.25, 0.3) is 0 Å². The van der Waals surface area contributed by atoms with Gasteiger partial charge in [-0.3, -0.25) is 10.3 Å². The van der Waals surface area contributed by atoms with E-state index < -0.39 is 0 Å². The molecular formula is C8H21N5. The van der Waals surface area contributed by atoms with Gasteiger partial charge >= 0.3 is 0 Å². The lowest BCUT2D eigenvalue weighted by molar-refractivity contribution is 0.190. The minimum absolute atomic E-state index is 0.0970. The first-order valence-corrected chi connectivity index (χ1v) is 4.41. The van der Waals surface area contributed by atoms with Crippen LogP contribution in [0.5, 0.6) is 0 Å². The number of likely N-dealkylation sites (N-methyl/N-ethyl adjacent to an activating group) is 2. The average molecular weight is 187 g/mol. The second kappa shape index (κ2) is 6.71. The van der Waals surface area contributed by atoms with Crippen LogP contribution in [0.2, 0.25) is 0 Å². The van der Waals surface area contributed by atoms with Gasteiger partial charge in [-0.25, -0.2) is 5.84 Å². The monoisotopic (exact) mass is 187 g/mol. The van der Waals surface area contributed by atoms with Crippen LogP contribution in [0.1, 0.15) is 6.92 Å². The van der Waals surface area contributed by atoms with E-state index in [1.807, 2.05) is 21.0 Å². The Morgan fingerprint density at radius 2 is 2.08 bits per heavy atom. The Morgan fingerprint density at radius 1 is 1.46 bits per heavy atom. The van der Waals surface area contributed by atoms with Crippen LogP contribution in [0.4, 0.5) is 0 Å². The van der Waals surface area contributed by atoms with Crippen molar-refractivity contribution in [2.45, 2.75) is 13.1 Å². The Balaban J connectivity index is 4.05. The van der Waals surface area contributed by atoms with E-state index in [1.54, 1.807) is 11.2 Å². The van der Waals surface area contributed by atoms with Crippen molar-refractivity contribution in [3.05, 3.63) is 12.4 Å². The fraction of sp³-hybridized carbons (Fsp3) is 0.750. The molecule has 13 heavy (non-hydrogen) atoms. The molecule has 0 radical (unpaired) electrons. The molecule has 0 aliphatic rings. The highest BCUT2D eigenvalue weighted by Gasteiger charge is 2.11. The second-order valence-corrected chi connectivity index (χ2v) is 3.12. The SMILES string of the molecule is CCNC(CN(C)C)N(N)/C=C\N. The van der Waals surface area contributed by atoms with E-state index >= 15 is 0 Å². The molecule has 5 nitrogen and oxygen atoms in total. The lowest BCUT2D eigenvalue weighted by Crippen LogP contribution is -2.51. The molecule has 0 saturated heterocycles. The number of hydrazine groups is 1. The lowest BCUT2D eigenvalue weighted by Gasteiger charge is -2.29. The molecule has 0 rings (SSSR count). The molecule has 0 aromatic carbocycles. The Kier molecular flexibility index (Phi) is 6.30. The van der Waals surface area contributed by atoms with Gasteiger partial charge in [-0.1, -0.05) is 6.92 Å². The number of nitrogens with two attached hydrogens (primary N) is 2. The zero-order chi connectivity index (χ0) is 10.3. The van der Waals surface area contributed by atoms with Crippen LogP contribution in [-0.2, 0) is 0 Å². The minimum Gasteiger partial charge on any atom is -0.403 e. The Hall–Kier alpha value is -0.780. The molecule has 5 heteroatoms. The topological polar surface area (TPSA) is 70.5 Å². The average Bonchev–Trinajstić information content (AvgIpc) is 2.03. The molecule has 0 heterocycles. The van der Waals surface area contributed by atoms with Crippen molar-refractivity contribution in [3.63, 3.8) is 0 Å². The number of hydrogen-bond acceptors (Lipinski definition) is 5. The van der Waals surface area contributed by atoms with Crippen molar-refractivity contribution >= 4 is 0 Å². The zero-order valence-electron chi connectivity index (χ0n) is 8.70. The summed E-state index contributed by atoms with van der Waals surface area (Å²) in [5.41, 5.74) is 5.25. The van der Waals surface area contributed by atoms with Crippen LogP contribution in [0.15, 0.2) is 12.4 Å². The van der Waals surface area contributed by atoms with E-state index in [1.165, 1.54) is 6.20 Å². The third kappa shape index (κ3) is 5.46. The van der Waals surface area contributed by atoms with E-state index in [0.717, 1.165) is 13.1 Å². The summed E-state index contributed by atoms with van der Waals surface area (Å²) in [6, 6.07) is 0. The van der Waals surface area contributed by atoms with Gasteiger partial charge in [0.2, 0.25) is 0 Å². The highest BCUT2D eigenvalue weighted by molar-refractivity contribution is 4.79. The van der Waals surface area contributed by atoms with E-state index in [4.69, 9.17) is 11.6 Å². The largest absolute Gasteiger partial charge is 0.403 e. The van der Waals surface area contributed by atoms with Crippen molar-refractivity contribution in [3.8, 4) is 0 Å². The third-order valence-electron chi connectivity index (χ3n) is 1.60. The molecule has 0 aliphatic carbocycles. The summed E-state index contributed by atoms with van der Waals surface area (Å²) in [5, 5.41) is 4.82. The van der Waals surface area contributed by atoms with Crippen LogP contribution < -0.4 is 16.9 Å². The molecular weight excluding hydrogens is 166 g/mol. The molecule has 0 aliphatic heterocycles. The number of nitrogens with zero attached hydrogens (tertiary/aromatic N) is 2. The molecule has 0 amide bonds. The molecule has 0 aromatic heterocycles. The summed E-state index contributed by atoms with van der Waals surface area (Å²) < 4.78 is 0. The summed E-state index contributed by atoms with van der Waals surface area (Å²) >= 11 is 0. The standard InChI is InChI=1S/C8H21N5/c1-4-11-8(7-12(2)3)13(10)6-5-9/h5-6,8,11H,4,7,9-10H2,1-3H3/b6-5-. The predicted octanol–water partition coefficient (Wildman–Crippen LogP) is -0.911. The van der Waals surface area contributed by atoms with Gasteiger partial charge < -0.3 is 10.6 Å². The van der Waals surface area contributed by atoms with Crippen LogP contribution >= 0.6 is 0 Å². The Bertz CT molecular complexity index is 145. The van der Waals surface area contributed by atoms with E-state index in [2.05, 4.69) is 10.2 Å². The summed E-state index contributed by atoms with van der Waals surface area (Å²) in [6.07, 6.45) is 3.18. The molecule has 1 unspecified atom stereocenters. The highest BCUT2D eigenvalue weighted by Crippen LogP contribution is 1.91. The Labute approximate surface area is 80.3 Å². The molecule has 0 saturated carbocycles. The molecule has 78 valence electrons. The third-order valence-corrected chi connectivity index (χ3v) is 1.60. The first-order chi connectivity index (χ1) is 6.11.